The molecule has 1 aliphatic heterocycles. The first-order valence-corrected chi connectivity index (χ1v) is 14.2. The van der Waals surface area contributed by atoms with Crippen molar-refractivity contribution in [3.05, 3.63) is 28.8 Å². The Hall–Kier alpha value is -1.55. The summed E-state index contributed by atoms with van der Waals surface area (Å²) in [6, 6.07) is 4.42. The van der Waals surface area contributed by atoms with Gasteiger partial charge in [0, 0.05) is 23.7 Å². The fourth-order valence-corrected chi connectivity index (χ4v) is 6.16. The number of piperidine rings is 1. The summed E-state index contributed by atoms with van der Waals surface area (Å²) in [5.41, 5.74) is 1.67. The molecule has 1 heterocycles. The Balaban J connectivity index is 2.69. The lowest BCUT2D eigenvalue weighted by atomic mass is 9.71. The van der Waals surface area contributed by atoms with Crippen LogP contribution in [0.3, 0.4) is 0 Å². The normalized spacial score (nSPS) is 20.1. The highest BCUT2D eigenvalue weighted by molar-refractivity contribution is 5.88. The molecule has 4 heteroatoms. The van der Waals surface area contributed by atoms with Gasteiger partial charge in [0.15, 0.2) is 0 Å². The fourth-order valence-electron chi connectivity index (χ4n) is 6.16. The van der Waals surface area contributed by atoms with Crippen LogP contribution in [-0.2, 0) is 21.0 Å². The number of hydrogen-bond donors (Lipinski definition) is 2. The average molecular weight is 501 g/mol. The molecular formula is C32H56N2O2. The molecule has 1 amide bonds. The van der Waals surface area contributed by atoms with E-state index in [9.17, 15) is 9.90 Å². The van der Waals surface area contributed by atoms with Gasteiger partial charge >= 0.3 is 0 Å². The Kier molecular flexibility index (Phi) is 8.78. The number of nitrogens with one attached hydrogen (secondary N) is 1. The summed E-state index contributed by atoms with van der Waals surface area (Å²) in [5.74, 6) is 0.594. The zero-order chi connectivity index (χ0) is 27.9. The molecule has 0 saturated carbocycles. The predicted octanol–water partition coefficient (Wildman–Crippen LogP) is 7.59. The highest BCUT2D eigenvalue weighted by Crippen LogP contribution is 2.44. The van der Waals surface area contributed by atoms with Gasteiger partial charge in [-0.15, -0.1) is 0 Å². The molecule has 1 saturated heterocycles. The fraction of sp³-hybridized carbons (Fsp3) is 0.781. The first-order valence-electron chi connectivity index (χ1n) is 14.2. The summed E-state index contributed by atoms with van der Waals surface area (Å²) in [6.45, 7) is 29.1. The second-order valence-electron chi connectivity index (χ2n) is 14.9. The van der Waals surface area contributed by atoms with Crippen LogP contribution in [0.15, 0.2) is 12.1 Å². The van der Waals surface area contributed by atoms with Crippen molar-refractivity contribution >= 4 is 5.91 Å². The third-order valence-electron chi connectivity index (χ3n) is 8.17. The van der Waals surface area contributed by atoms with Gasteiger partial charge in [-0.25, -0.2) is 0 Å². The standard InChI is InChI=1S/C32H56N2O2/c1-14-16-17-34(23-20-30(9,10)33-31(11,12)21-23)27(36)32(13,15-2)22-18-24(28(3,4)5)26(35)25(19-22)29(6,7)8/h18-19,23,33,35H,14-17,20-21H2,1-13H3. The smallest absolute Gasteiger partial charge is 0.233 e. The van der Waals surface area contributed by atoms with Gasteiger partial charge in [-0.3, -0.25) is 4.79 Å². The molecule has 0 radical (unpaired) electrons. The molecule has 1 unspecified atom stereocenters. The van der Waals surface area contributed by atoms with E-state index in [0.717, 1.165) is 48.9 Å². The average Bonchev–Trinajstić information content (AvgIpc) is 2.69. The topological polar surface area (TPSA) is 52.6 Å². The van der Waals surface area contributed by atoms with E-state index >= 15 is 0 Å². The number of phenols is 1. The summed E-state index contributed by atoms with van der Waals surface area (Å²) in [5, 5.41) is 15.1. The van der Waals surface area contributed by atoms with Crippen molar-refractivity contribution in [3.8, 4) is 5.75 Å². The van der Waals surface area contributed by atoms with Crippen molar-refractivity contribution in [2.24, 2.45) is 0 Å². The molecule has 0 aromatic heterocycles. The number of rotatable bonds is 7. The van der Waals surface area contributed by atoms with Crippen LogP contribution in [0.1, 0.15) is 139 Å². The molecular weight excluding hydrogens is 444 g/mol. The number of nitrogens with zero attached hydrogens (tertiary/aromatic N) is 1. The van der Waals surface area contributed by atoms with Crippen LogP contribution < -0.4 is 5.32 Å². The molecule has 1 aromatic carbocycles. The van der Waals surface area contributed by atoms with Gasteiger partial charge in [0.2, 0.25) is 5.91 Å². The van der Waals surface area contributed by atoms with E-state index in [4.69, 9.17) is 0 Å². The summed E-state index contributed by atoms with van der Waals surface area (Å²) in [7, 11) is 0. The third-order valence-corrected chi connectivity index (χ3v) is 8.17. The van der Waals surface area contributed by atoms with Gasteiger partial charge in [0.05, 0.1) is 5.41 Å². The highest BCUT2D eigenvalue weighted by atomic mass is 16.3. The lowest BCUT2D eigenvalue weighted by molar-refractivity contribution is -0.141. The maximum atomic E-state index is 14.7. The molecule has 1 atom stereocenters. The van der Waals surface area contributed by atoms with Gasteiger partial charge in [0.1, 0.15) is 5.75 Å². The van der Waals surface area contributed by atoms with Gasteiger partial charge in [-0.1, -0.05) is 73.9 Å². The molecule has 4 nitrogen and oxygen atoms in total. The number of hydrogen-bond acceptors (Lipinski definition) is 3. The second kappa shape index (κ2) is 10.3. The number of unbranched alkanes of at least 4 members (excludes halogenated alkanes) is 1. The molecule has 36 heavy (non-hydrogen) atoms. The van der Waals surface area contributed by atoms with Crippen molar-refractivity contribution in [2.45, 2.75) is 155 Å². The zero-order valence-corrected chi connectivity index (χ0v) is 25.8. The largest absolute Gasteiger partial charge is 0.507 e. The van der Waals surface area contributed by atoms with Gasteiger partial charge in [0.25, 0.3) is 0 Å². The van der Waals surface area contributed by atoms with E-state index in [-0.39, 0.29) is 33.9 Å². The maximum absolute atomic E-state index is 14.7. The minimum absolute atomic E-state index is 0.0306. The molecule has 0 bridgehead atoms. The van der Waals surface area contributed by atoms with Crippen LogP contribution in [0.5, 0.6) is 5.75 Å². The quantitative estimate of drug-likeness (QED) is 0.405. The minimum Gasteiger partial charge on any atom is -0.507 e. The molecule has 0 aliphatic carbocycles. The van der Waals surface area contributed by atoms with Crippen molar-refractivity contribution in [1.29, 1.82) is 0 Å². The highest BCUT2D eigenvalue weighted by Gasteiger charge is 2.45. The summed E-state index contributed by atoms with van der Waals surface area (Å²) >= 11 is 0. The van der Waals surface area contributed by atoms with Crippen LogP contribution in [-0.4, -0.2) is 39.6 Å². The number of amides is 1. The molecule has 1 fully saturated rings. The van der Waals surface area contributed by atoms with Crippen LogP contribution in [0.4, 0.5) is 0 Å². The third kappa shape index (κ3) is 6.65. The van der Waals surface area contributed by atoms with Crippen LogP contribution in [0, 0.1) is 0 Å². The van der Waals surface area contributed by atoms with E-state index in [1.165, 1.54) is 0 Å². The van der Waals surface area contributed by atoms with Crippen LogP contribution in [0.2, 0.25) is 0 Å². The summed E-state index contributed by atoms with van der Waals surface area (Å²) < 4.78 is 0. The van der Waals surface area contributed by atoms with E-state index < -0.39 is 5.41 Å². The Morgan fingerprint density at radius 1 is 0.944 bits per heavy atom. The van der Waals surface area contributed by atoms with E-state index in [1.807, 2.05) is 0 Å². The molecule has 0 spiro atoms. The minimum atomic E-state index is -0.666. The first-order chi connectivity index (χ1) is 16.2. The van der Waals surface area contributed by atoms with E-state index in [2.05, 4.69) is 112 Å². The number of benzene rings is 1. The maximum Gasteiger partial charge on any atom is 0.233 e. The monoisotopic (exact) mass is 500 g/mol. The van der Waals surface area contributed by atoms with Gasteiger partial charge < -0.3 is 15.3 Å². The van der Waals surface area contributed by atoms with Crippen LogP contribution >= 0.6 is 0 Å². The number of phenolic OH excluding ortho intramolecular Hbond substituents is 1. The number of carbonyl (C=O) groups excluding carboxylic acids is 1. The summed E-state index contributed by atoms with van der Waals surface area (Å²) in [4.78, 5) is 16.9. The van der Waals surface area contributed by atoms with Crippen molar-refractivity contribution in [2.75, 3.05) is 6.54 Å². The Morgan fingerprint density at radius 2 is 1.39 bits per heavy atom. The summed E-state index contributed by atoms with van der Waals surface area (Å²) in [6.07, 6.45) is 4.67. The van der Waals surface area contributed by atoms with Gasteiger partial charge in [-0.05, 0) is 87.8 Å². The zero-order valence-electron chi connectivity index (χ0n) is 25.8. The van der Waals surface area contributed by atoms with Crippen molar-refractivity contribution < 1.29 is 9.90 Å². The number of carbonyl (C=O) groups is 1. The molecule has 1 aliphatic rings. The second-order valence-corrected chi connectivity index (χ2v) is 14.9. The molecule has 1 aromatic rings. The number of aromatic hydroxyl groups is 1. The molecule has 206 valence electrons. The predicted molar refractivity (Wildman–Crippen MR) is 154 cm³/mol. The SMILES string of the molecule is CCCCN(C(=O)C(C)(CC)c1cc(C(C)(C)C)c(O)c(C(C)(C)C)c1)C1CC(C)(C)NC(C)(C)C1. The molecule has 2 N–H and O–H groups in total. The van der Waals surface area contributed by atoms with Gasteiger partial charge in [-0.2, -0.15) is 0 Å². The lowest BCUT2D eigenvalue weighted by Gasteiger charge is -2.51. The Labute approximate surface area is 222 Å². The van der Waals surface area contributed by atoms with E-state index in [0.29, 0.717) is 12.2 Å². The first kappa shape index (κ1) is 30.7. The van der Waals surface area contributed by atoms with Crippen LogP contribution in [0.25, 0.3) is 0 Å². The Morgan fingerprint density at radius 3 is 1.75 bits per heavy atom. The lowest BCUT2D eigenvalue weighted by Crippen LogP contribution is -2.64. The van der Waals surface area contributed by atoms with Crippen molar-refractivity contribution in [3.63, 3.8) is 0 Å². The van der Waals surface area contributed by atoms with E-state index in [1.54, 1.807) is 0 Å². The molecule has 2 rings (SSSR count). The van der Waals surface area contributed by atoms with Crippen molar-refractivity contribution in [1.82, 2.24) is 10.2 Å². The Bertz CT molecular complexity index is 881.